The number of hydrogen-bond acceptors (Lipinski definition) is 3. The molecule has 0 saturated heterocycles. The van der Waals surface area contributed by atoms with Gasteiger partial charge in [-0.2, -0.15) is 0 Å². The molecular formula is C17H21N3O. The minimum Gasteiger partial charge on any atom is -0.338 e. The molecule has 21 heavy (non-hydrogen) atoms. The van der Waals surface area contributed by atoms with Gasteiger partial charge >= 0.3 is 0 Å². The van der Waals surface area contributed by atoms with Crippen LogP contribution in [0.1, 0.15) is 37.9 Å². The first-order valence-corrected chi connectivity index (χ1v) is 7.75. The molecule has 0 unspecified atom stereocenters. The molecule has 0 saturated carbocycles. The van der Waals surface area contributed by atoms with Crippen LogP contribution in [0.4, 0.5) is 0 Å². The zero-order valence-electron chi connectivity index (χ0n) is 12.7. The van der Waals surface area contributed by atoms with Gasteiger partial charge in [-0.3, -0.25) is 4.79 Å². The predicted molar refractivity (Wildman–Crippen MR) is 82.7 cm³/mol. The molecule has 110 valence electrons. The molecule has 3 heterocycles. The lowest BCUT2D eigenvalue weighted by molar-refractivity contribution is -0.136. The van der Waals surface area contributed by atoms with Crippen molar-refractivity contribution in [2.45, 2.75) is 39.7 Å². The van der Waals surface area contributed by atoms with Crippen molar-refractivity contribution < 1.29 is 4.79 Å². The maximum atomic E-state index is 12.5. The van der Waals surface area contributed by atoms with E-state index >= 15 is 0 Å². The third-order valence-electron chi connectivity index (χ3n) is 4.38. The number of pyridine rings is 2. The number of hydrogen-bond donors (Lipinski definition) is 0. The van der Waals surface area contributed by atoms with Crippen LogP contribution in [0.15, 0.2) is 24.4 Å². The fourth-order valence-corrected chi connectivity index (χ4v) is 3.05. The van der Waals surface area contributed by atoms with E-state index in [1.54, 1.807) is 6.20 Å². The summed E-state index contributed by atoms with van der Waals surface area (Å²) >= 11 is 0. The van der Waals surface area contributed by atoms with E-state index in [1.807, 2.05) is 17.0 Å². The standard InChI is InChI=1S/C17H21N3O/c1-3-12(4-2)17(21)20-9-7-15-14(11-20)10-13-6-5-8-18-16(13)19-15/h5-6,8,10,12H,3-4,7,9,11H2,1-2H3. The van der Waals surface area contributed by atoms with Crippen LogP contribution in [-0.2, 0) is 17.8 Å². The Morgan fingerprint density at radius 3 is 2.95 bits per heavy atom. The van der Waals surface area contributed by atoms with Gasteiger partial charge in [0.1, 0.15) is 0 Å². The number of nitrogens with zero attached hydrogens (tertiary/aromatic N) is 3. The van der Waals surface area contributed by atoms with E-state index < -0.39 is 0 Å². The lowest BCUT2D eigenvalue weighted by Gasteiger charge is -2.31. The Kier molecular flexibility index (Phi) is 3.86. The Hall–Kier alpha value is -1.97. The topological polar surface area (TPSA) is 46.1 Å². The fraction of sp³-hybridized carbons (Fsp3) is 0.471. The second kappa shape index (κ2) is 5.80. The molecule has 0 atom stereocenters. The Labute approximate surface area is 125 Å². The summed E-state index contributed by atoms with van der Waals surface area (Å²) in [5.74, 6) is 0.443. The van der Waals surface area contributed by atoms with Crippen molar-refractivity contribution in [2.24, 2.45) is 5.92 Å². The summed E-state index contributed by atoms with van der Waals surface area (Å²) in [5, 5.41) is 1.05. The van der Waals surface area contributed by atoms with E-state index in [9.17, 15) is 4.79 Å². The molecule has 0 fully saturated rings. The number of carbonyl (C=O) groups excluding carboxylic acids is 1. The van der Waals surface area contributed by atoms with E-state index in [4.69, 9.17) is 0 Å². The van der Waals surface area contributed by atoms with Crippen LogP contribution in [0.25, 0.3) is 11.0 Å². The quantitative estimate of drug-likeness (QED) is 0.870. The first-order valence-electron chi connectivity index (χ1n) is 7.75. The largest absolute Gasteiger partial charge is 0.338 e. The van der Waals surface area contributed by atoms with E-state index in [0.29, 0.717) is 6.54 Å². The minimum atomic E-state index is 0.154. The highest BCUT2D eigenvalue weighted by Crippen LogP contribution is 2.23. The molecule has 0 N–H and O–H groups in total. The van der Waals surface area contributed by atoms with Crippen molar-refractivity contribution in [1.29, 1.82) is 0 Å². The van der Waals surface area contributed by atoms with Gasteiger partial charge in [0.05, 0.1) is 0 Å². The smallest absolute Gasteiger partial charge is 0.225 e. The van der Waals surface area contributed by atoms with Crippen molar-refractivity contribution in [1.82, 2.24) is 14.9 Å². The molecular weight excluding hydrogens is 262 g/mol. The Balaban J connectivity index is 1.88. The van der Waals surface area contributed by atoms with Crippen LogP contribution in [0.5, 0.6) is 0 Å². The van der Waals surface area contributed by atoms with Crippen LogP contribution in [0.2, 0.25) is 0 Å². The number of aromatic nitrogens is 2. The van der Waals surface area contributed by atoms with Gasteiger partial charge in [-0.05, 0) is 36.6 Å². The molecule has 0 spiro atoms. The third kappa shape index (κ3) is 2.62. The maximum Gasteiger partial charge on any atom is 0.225 e. The summed E-state index contributed by atoms with van der Waals surface area (Å²) in [6, 6.07) is 6.08. The molecule has 0 aromatic carbocycles. The summed E-state index contributed by atoms with van der Waals surface area (Å²) in [5.41, 5.74) is 3.06. The van der Waals surface area contributed by atoms with Gasteiger partial charge in [0.25, 0.3) is 0 Å². The Bertz CT molecular complexity index is 664. The number of carbonyl (C=O) groups is 1. The molecule has 1 aliphatic heterocycles. The van der Waals surface area contributed by atoms with Crippen LogP contribution in [0.3, 0.4) is 0 Å². The average Bonchev–Trinajstić information content (AvgIpc) is 2.53. The minimum absolute atomic E-state index is 0.154. The SMILES string of the molecule is CCC(CC)C(=O)N1CCc2nc3ncccc3cc2C1. The highest BCUT2D eigenvalue weighted by molar-refractivity contribution is 5.80. The Morgan fingerprint density at radius 2 is 2.19 bits per heavy atom. The van der Waals surface area contributed by atoms with Crippen LogP contribution >= 0.6 is 0 Å². The molecule has 0 radical (unpaired) electrons. The van der Waals surface area contributed by atoms with Crippen molar-refractivity contribution in [3.8, 4) is 0 Å². The normalized spacial score (nSPS) is 14.5. The van der Waals surface area contributed by atoms with Gasteiger partial charge in [0, 0.05) is 42.7 Å². The monoisotopic (exact) mass is 283 g/mol. The van der Waals surface area contributed by atoms with Gasteiger partial charge in [0.2, 0.25) is 5.91 Å². The number of rotatable bonds is 3. The van der Waals surface area contributed by atoms with Crippen LogP contribution < -0.4 is 0 Å². The zero-order valence-corrected chi connectivity index (χ0v) is 12.7. The summed E-state index contributed by atoms with van der Waals surface area (Å²) in [6.45, 7) is 5.63. The molecule has 2 aromatic heterocycles. The van der Waals surface area contributed by atoms with Gasteiger partial charge < -0.3 is 4.90 Å². The van der Waals surface area contributed by atoms with E-state index in [-0.39, 0.29) is 11.8 Å². The van der Waals surface area contributed by atoms with Crippen LogP contribution in [0, 0.1) is 5.92 Å². The summed E-state index contributed by atoms with van der Waals surface area (Å²) in [4.78, 5) is 23.5. The molecule has 0 bridgehead atoms. The Morgan fingerprint density at radius 1 is 1.38 bits per heavy atom. The molecule has 1 aliphatic rings. The predicted octanol–water partition coefficient (Wildman–Crippen LogP) is 2.95. The van der Waals surface area contributed by atoms with Crippen LogP contribution in [-0.4, -0.2) is 27.3 Å². The second-order valence-corrected chi connectivity index (χ2v) is 5.67. The number of fused-ring (bicyclic) bond motifs is 2. The third-order valence-corrected chi connectivity index (χ3v) is 4.38. The van der Waals surface area contributed by atoms with Gasteiger partial charge in [-0.1, -0.05) is 13.8 Å². The molecule has 0 aliphatic carbocycles. The average molecular weight is 283 g/mol. The van der Waals surface area contributed by atoms with Crippen molar-refractivity contribution in [3.05, 3.63) is 35.7 Å². The molecule has 4 nitrogen and oxygen atoms in total. The van der Waals surface area contributed by atoms with E-state index in [0.717, 1.165) is 42.5 Å². The van der Waals surface area contributed by atoms with Gasteiger partial charge in [-0.15, -0.1) is 0 Å². The molecule has 4 heteroatoms. The summed E-state index contributed by atoms with van der Waals surface area (Å²) < 4.78 is 0. The second-order valence-electron chi connectivity index (χ2n) is 5.67. The van der Waals surface area contributed by atoms with Crippen molar-refractivity contribution in [2.75, 3.05) is 6.54 Å². The van der Waals surface area contributed by atoms with E-state index in [2.05, 4.69) is 29.9 Å². The molecule has 3 rings (SSSR count). The highest BCUT2D eigenvalue weighted by atomic mass is 16.2. The lowest BCUT2D eigenvalue weighted by Crippen LogP contribution is -2.39. The molecule has 1 amide bonds. The molecule has 2 aromatic rings. The zero-order chi connectivity index (χ0) is 14.8. The highest BCUT2D eigenvalue weighted by Gasteiger charge is 2.26. The van der Waals surface area contributed by atoms with Gasteiger partial charge in [0.15, 0.2) is 5.65 Å². The first-order chi connectivity index (χ1) is 10.2. The van der Waals surface area contributed by atoms with Crippen molar-refractivity contribution in [3.63, 3.8) is 0 Å². The summed E-state index contributed by atoms with van der Waals surface area (Å²) in [6.07, 6.45) is 4.43. The maximum absolute atomic E-state index is 12.5. The fourth-order valence-electron chi connectivity index (χ4n) is 3.05. The van der Waals surface area contributed by atoms with E-state index in [1.165, 1.54) is 5.56 Å². The number of amides is 1. The summed E-state index contributed by atoms with van der Waals surface area (Å²) in [7, 11) is 0. The van der Waals surface area contributed by atoms with Gasteiger partial charge in [-0.25, -0.2) is 9.97 Å². The lowest BCUT2D eigenvalue weighted by atomic mass is 9.98. The van der Waals surface area contributed by atoms with Crippen molar-refractivity contribution >= 4 is 16.9 Å². The first kappa shape index (κ1) is 14.0.